The van der Waals surface area contributed by atoms with Gasteiger partial charge in [-0.15, -0.1) is 0 Å². The molecule has 130 valence electrons. The van der Waals surface area contributed by atoms with Crippen molar-refractivity contribution in [2.75, 3.05) is 30.9 Å². The lowest BCUT2D eigenvalue weighted by molar-refractivity contribution is -0.385. The quantitative estimate of drug-likeness (QED) is 0.471. The van der Waals surface area contributed by atoms with Crippen molar-refractivity contribution in [3.05, 3.63) is 58.1 Å². The van der Waals surface area contributed by atoms with Crippen molar-refractivity contribution in [2.24, 2.45) is 0 Å². The van der Waals surface area contributed by atoms with Gasteiger partial charge >= 0.3 is 5.69 Å². The summed E-state index contributed by atoms with van der Waals surface area (Å²) in [5, 5.41) is 13.7. The van der Waals surface area contributed by atoms with Gasteiger partial charge in [0.15, 0.2) is 12.4 Å². The maximum Gasteiger partial charge on any atom is 0.311 e. The van der Waals surface area contributed by atoms with Crippen molar-refractivity contribution >= 4 is 29.3 Å². The normalized spacial score (nSPS) is 10.0. The van der Waals surface area contributed by atoms with Crippen LogP contribution in [-0.4, -0.2) is 37.8 Å². The van der Waals surface area contributed by atoms with Gasteiger partial charge in [0, 0.05) is 37.1 Å². The van der Waals surface area contributed by atoms with Crippen LogP contribution in [0.3, 0.4) is 0 Å². The number of benzene rings is 2. The highest BCUT2D eigenvalue weighted by Crippen LogP contribution is 2.27. The van der Waals surface area contributed by atoms with E-state index in [0.29, 0.717) is 12.0 Å². The molecule has 1 N–H and O–H groups in total. The predicted molar refractivity (Wildman–Crippen MR) is 93.4 cm³/mol. The molecule has 25 heavy (non-hydrogen) atoms. The van der Waals surface area contributed by atoms with Gasteiger partial charge < -0.3 is 15.0 Å². The fraction of sp³-hybridized carbons (Fsp3) is 0.176. The molecule has 1 amide bonds. The largest absolute Gasteiger partial charge is 0.477 e. The van der Waals surface area contributed by atoms with Gasteiger partial charge in [0.25, 0.3) is 5.91 Å². The molecule has 2 rings (SSSR count). The summed E-state index contributed by atoms with van der Waals surface area (Å²) in [6.45, 7) is -0.392. The molecule has 0 unspecified atom stereocenters. The lowest BCUT2D eigenvalue weighted by atomic mass is 10.2. The predicted octanol–water partition coefficient (Wildman–Crippen LogP) is 2.49. The molecule has 0 aromatic heterocycles. The Hall–Kier alpha value is -3.42. The lowest BCUT2D eigenvalue weighted by Gasteiger charge is -2.13. The average molecular weight is 343 g/mol. The van der Waals surface area contributed by atoms with E-state index in [1.165, 1.54) is 12.1 Å². The molecule has 0 radical (unpaired) electrons. The fourth-order valence-electron chi connectivity index (χ4n) is 2.06. The smallest absolute Gasteiger partial charge is 0.311 e. The molecule has 0 aliphatic heterocycles. The minimum atomic E-state index is -0.666. The summed E-state index contributed by atoms with van der Waals surface area (Å²) >= 11 is 0. The maximum atomic E-state index is 11.9. The highest BCUT2D eigenvalue weighted by atomic mass is 16.6. The van der Waals surface area contributed by atoms with Crippen LogP contribution in [0.1, 0.15) is 10.4 Å². The summed E-state index contributed by atoms with van der Waals surface area (Å²) in [6, 6.07) is 11.0. The van der Waals surface area contributed by atoms with Gasteiger partial charge in [-0.05, 0) is 36.4 Å². The van der Waals surface area contributed by atoms with Crippen LogP contribution >= 0.6 is 0 Å². The first-order chi connectivity index (χ1) is 11.9. The molecule has 2 aromatic carbocycles. The van der Waals surface area contributed by atoms with Crippen molar-refractivity contribution in [2.45, 2.75) is 0 Å². The molecule has 0 aliphatic rings. The number of nitrogens with zero attached hydrogens (tertiary/aromatic N) is 2. The van der Waals surface area contributed by atoms with Gasteiger partial charge in [-0.25, -0.2) is 0 Å². The average Bonchev–Trinajstić information content (AvgIpc) is 2.60. The van der Waals surface area contributed by atoms with E-state index in [9.17, 15) is 19.7 Å². The Morgan fingerprint density at radius 1 is 1.24 bits per heavy atom. The first-order valence-electron chi connectivity index (χ1n) is 7.34. The molecule has 0 heterocycles. The number of carbonyl (C=O) groups is 2. The van der Waals surface area contributed by atoms with Crippen LogP contribution in [0.2, 0.25) is 0 Å². The first-order valence-corrected chi connectivity index (χ1v) is 7.34. The molecule has 0 fully saturated rings. The van der Waals surface area contributed by atoms with Crippen molar-refractivity contribution in [3.63, 3.8) is 0 Å². The first kappa shape index (κ1) is 17.9. The monoisotopic (exact) mass is 343 g/mol. The standard InChI is InChI=1S/C17H17N3O5/c1-19(2)14-6-4-13(5-7-14)18-17(22)11-25-16-8-3-12(10-21)9-15(16)20(23)24/h3-10H,11H2,1-2H3,(H,18,22). The van der Waals surface area contributed by atoms with Gasteiger partial charge in [0.2, 0.25) is 0 Å². The SMILES string of the molecule is CN(C)c1ccc(NC(=O)COc2ccc(C=O)cc2[N+](=O)[O-])cc1. The molecule has 8 nitrogen and oxygen atoms in total. The third kappa shape index (κ3) is 4.77. The Morgan fingerprint density at radius 2 is 1.92 bits per heavy atom. The van der Waals surface area contributed by atoms with Gasteiger partial charge in [0.1, 0.15) is 6.29 Å². The number of amides is 1. The number of nitro groups is 1. The molecular weight excluding hydrogens is 326 g/mol. The number of anilines is 2. The van der Waals surface area contributed by atoms with Gasteiger partial charge in [-0.2, -0.15) is 0 Å². The Kier molecular flexibility index (Phi) is 5.67. The van der Waals surface area contributed by atoms with E-state index in [1.54, 1.807) is 12.1 Å². The number of hydrogen-bond acceptors (Lipinski definition) is 6. The molecule has 0 aliphatic carbocycles. The summed E-state index contributed by atoms with van der Waals surface area (Å²) < 4.78 is 5.22. The molecule has 0 spiro atoms. The summed E-state index contributed by atoms with van der Waals surface area (Å²) in [7, 11) is 3.81. The molecule has 0 atom stereocenters. The lowest BCUT2D eigenvalue weighted by Crippen LogP contribution is -2.20. The van der Waals surface area contributed by atoms with Crippen LogP contribution in [0.5, 0.6) is 5.75 Å². The molecular formula is C17H17N3O5. The summed E-state index contributed by atoms with van der Waals surface area (Å²) in [6.07, 6.45) is 0.501. The van der Waals surface area contributed by atoms with Gasteiger partial charge in [-0.1, -0.05) is 0 Å². The van der Waals surface area contributed by atoms with Crippen LogP contribution in [0.25, 0.3) is 0 Å². The van der Waals surface area contributed by atoms with E-state index in [-0.39, 0.29) is 17.0 Å². The topological polar surface area (TPSA) is 102 Å². The van der Waals surface area contributed by atoms with Crippen LogP contribution < -0.4 is 15.0 Å². The second kappa shape index (κ2) is 7.91. The van der Waals surface area contributed by atoms with E-state index in [1.807, 2.05) is 31.1 Å². The summed E-state index contributed by atoms with van der Waals surface area (Å²) in [5.74, 6) is -0.528. The van der Waals surface area contributed by atoms with E-state index in [4.69, 9.17) is 4.74 Å². The zero-order chi connectivity index (χ0) is 18.4. The van der Waals surface area contributed by atoms with Gasteiger partial charge in [0.05, 0.1) is 4.92 Å². The summed E-state index contributed by atoms with van der Waals surface area (Å²) in [5.41, 5.74) is 1.36. The maximum absolute atomic E-state index is 11.9. The van der Waals surface area contributed by atoms with Crippen molar-refractivity contribution < 1.29 is 19.2 Å². The van der Waals surface area contributed by atoms with E-state index >= 15 is 0 Å². The number of aldehydes is 1. The number of rotatable bonds is 7. The Bertz CT molecular complexity index is 787. The third-order valence-corrected chi connectivity index (χ3v) is 3.34. The number of nitrogens with one attached hydrogen (secondary N) is 1. The fourth-order valence-corrected chi connectivity index (χ4v) is 2.06. The van der Waals surface area contributed by atoms with Crippen LogP contribution in [0.15, 0.2) is 42.5 Å². The highest BCUT2D eigenvalue weighted by molar-refractivity contribution is 5.92. The van der Waals surface area contributed by atoms with E-state index < -0.39 is 17.4 Å². The van der Waals surface area contributed by atoms with Crippen LogP contribution in [-0.2, 0) is 4.79 Å². The summed E-state index contributed by atoms with van der Waals surface area (Å²) in [4.78, 5) is 34.9. The van der Waals surface area contributed by atoms with E-state index in [2.05, 4.69) is 5.32 Å². The molecule has 0 bridgehead atoms. The third-order valence-electron chi connectivity index (χ3n) is 3.34. The zero-order valence-electron chi connectivity index (χ0n) is 13.8. The zero-order valence-corrected chi connectivity index (χ0v) is 13.8. The van der Waals surface area contributed by atoms with Crippen molar-refractivity contribution in [3.8, 4) is 5.75 Å². The molecule has 0 saturated carbocycles. The highest BCUT2D eigenvalue weighted by Gasteiger charge is 2.17. The minimum Gasteiger partial charge on any atom is -0.477 e. The minimum absolute atomic E-state index is 0.0753. The Morgan fingerprint density at radius 3 is 2.48 bits per heavy atom. The van der Waals surface area contributed by atoms with E-state index in [0.717, 1.165) is 11.8 Å². The number of ether oxygens (including phenoxy) is 1. The van der Waals surface area contributed by atoms with Gasteiger partial charge in [-0.3, -0.25) is 19.7 Å². The number of hydrogen-bond donors (Lipinski definition) is 1. The molecule has 2 aromatic rings. The van der Waals surface area contributed by atoms with Crippen molar-refractivity contribution in [1.29, 1.82) is 0 Å². The molecule has 0 saturated heterocycles. The second-order valence-corrected chi connectivity index (χ2v) is 5.38. The Balaban J connectivity index is 2.00. The Labute approximate surface area is 144 Å². The number of carbonyl (C=O) groups excluding carboxylic acids is 2. The van der Waals surface area contributed by atoms with Crippen LogP contribution in [0, 0.1) is 10.1 Å². The number of nitro benzene ring substituents is 1. The molecule has 8 heteroatoms. The van der Waals surface area contributed by atoms with Crippen molar-refractivity contribution in [1.82, 2.24) is 0 Å². The van der Waals surface area contributed by atoms with Crippen LogP contribution in [0.4, 0.5) is 17.1 Å². The second-order valence-electron chi connectivity index (χ2n) is 5.38.